The van der Waals surface area contributed by atoms with Crippen molar-refractivity contribution in [3.8, 4) is 11.5 Å². The second-order valence-electron chi connectivity index (χ2n) is 6.48. The SMILES string of the molecule is O=C1CC(=O)N(c2ccnc(-c3noc(=S)[nH]3)c2)c2ccc3ccccc3c2N1. The highest BCUT2D eigenvalue weighted by Gasteiger charge is 2.29. The zero-order valence-electron chi connectivity index (χ0n) is 14.9. The predicted molar refractivity (Wildman–Crippen MR) is 109 cm³/mol. The third-order valence-corrected chi connectivity index (χ3v) is 4.83. The summed E-state index contributed by atoms with van der Waals surface area (Å²) in [6.45, 7) is 0. The molecule has 0 aliphatic carbocycles. The van der Waals surface area contributed by atoms with E-state index >= 15 is 0 Å². The lowest BCUT2D eigenvalue weighted by molar-refractivity contribution is -0.124. The van der Waals surface area contributed by atoms with Crippen molar-refractivity contribution in [2.75, 3.05) is 10.2 Å². The van der Waals surface area contributed by atoms with Gasteiger partial charge in [0.25, 0.3) is 4.84 Å². The highest BCUT2D eigenvalue weighted by Crippen LogP contribution is 2.40. The van der Waals surface area contributed by atoms with Crippen LogP contribution < -0.4 is 10.2 Å². The van der Waals surface area contributed by atoms with Crippen LogP contribution in [-0.4, -0.2) is 26.9 Å². The largest absolute Gasteiger partial charge is 0.324 e. The van der Waals surface area contributed by atoms with Crippen molar-refractivity contribution in [2.24, 2.45) is 0 Å². The van der Waals surface area contributed by atoms with Gasteiger partial charge in [-0.25, -0.2) is 0 Å². The van der Waals surface area contributed by atoms with Crippen LogP contribution in [-0.2, 0) is 9.59 Å². The average molecular weight is 403 g/mol. The minimum Gasteiger partial charge on any atom is -0.324 e. The molecule has 3 heterocycles. The van der Waals surface area contributed by atoms with Crippen LogP contribution >= 0.6 is 12.2 Å². The van der Waals surface area contributed by atoms with Gasteiger partial charge in [-0.2, -0.15) is 0 Å². The Kier molecular flexibility index (Phi) is 3.95. The van der Waals surface area contributed by atoms with E-state index in [1.165, 1.54) is 4.90 Å². The van der Waals surface area contributed by atoms with Crippen molar-refractivity contribution in [1.82, 2.24) is 15.1 Å². The number of hydrogen-bond donors (Lipinski definition) is 2. The Morgan fingerprint density at radius 3 is 2.79 bits per heavy atom. The third-order valence-electron chi connectivity index (χ3n) is 4.66. The molecule has 0 atom stereocenters. The molecule has 5 rings (SSSR count). The normalized spacial score (nSPS) is 13.9. The van der Waals surface area contributed by atoms with Gasteiger partial charge in [-0.3, -0.25) is 24.5 Å². The summed E-state index contributed by atoms with van der Waals surface area (Å²) in [6, 6.07) is 14.8. The van der Waals surface area contributed by atoms with Crippen LogP contribution in [0.3, 0.4) is 0 Å². The van der Waals surface area contributed by atoms with E-state index in [0.29, 0.717) is 28.6 Å². The van der Waals surface area contributed by atoms with Crippen molar-refractivity contribution in [2.45, 2.75) is 6.42 Å². The van der Waals surface area contributed by atoms with Crippen LogP contribution in [0.1, 0.15) is 6.42 Å². The van der Waals surface area contributed by atoms with Gasteiger partial charge in [-0.05, 0) is 35.8 Å². The molecule has 8 nitrogen and oxygen atoms in total. The maximum Gasteiger partial charge on any atom is 0.295 e. The van der Waals surface area contributed by atoms with Gasteiger partial charge in [0.1, 0.15) is 12.1 Å². The standard InChI is InChI=1S/C20H13N5O3S/c26-16-10-17(27)25(12-7-8-21-14(9-12)19-23-20(29)28-24-19)15-6-5-11-3-1-2-4-13(11)18(15)22-16/h1-9H,10H2,(H,22,26)(H,23,24,29). The van der Waals surface area contributed by atoms with Crippen molar-refractivity contribution in [3.05, 3.63) is 59.6 Å². The molecule has 0 radical (unpaired) electrons. The van der Waals surface area contributed by atoms with Gasteiger partial charge in [-0.15, -0.1) is 0 Å². The third kappa shape index (κ3) is 2.97. The van der Waals surface area contributed by atoms with Crippen LogP contribution in [0, 0.1) is 4.84 Å². The summed E-state index contributed by atoms with van der Waals surface area (Å²) >= 11 is 4.91. The molecule has 1 aliphatic rings. The van der Waals surface area contributed by atoms with E-state index in [-0.39, 0.29) is 23.1 Å². The van der Waals surface area contributed by atoms with E-state index in [2.05, 4.69) is 20.4 Å². The van der Waals surface area contributed by atoms with E-state index in [1.807, 2.05) is 36.4 Å². The molecule has 0 bridgehead atoms. The fourth-order valence-electron chi connectivity index (χ4n) is 3.42. The number of fused-ring (bicyclic) bond motifs is 3. The first-order chi connectivity index (χ1) is 14.1. The topological polar surface area (TPSA) is 104 Å². The van der Waals surface area contributed by atoms with Gasteiger partial charge in [0.2, 0.25) is 11.8 Å². The summed E-state index contributed by atoms with van der Waals surface area (Å²) in [4.78, 5) is 34.0. The Morgan fingerprint density at radius 1 is 1.10 bits per heavy atom. The lowest BCUT2D eigenvalue weighted by Crippen LogP contribution is -2.26. The number of rotatable bonds is 2. The lowest BCUT2D eigenvalue weighted by Gasteiger charge is -2.23. The number of aromatic nitrogens is 3. The Morgan fingerprint density at radius 2 is 1.97 bits per heavy atom. The number of nitrogens with one attached hydrogen (secondary N) is 2. The number of carbonyl (C=O) groups excluding carboxylic acids is 2. The molecule has 2 N–H and O–H groups in total. The van der Waals surface area contributed by atoms with Crippen LogP contribution in [0.2, 0.25) is 0 Å². The van der Waals surface area contributed by atoms with Gasteiger partial charge in [0.05, 0.1) is 17.1 Å². The zero-order chi connectivity index (χ0) is 20.0. The Bertz CT molecular complexity index is 1340. The monoisotopic (exact) mass is 403 g/mol. The summed E-state index contributed by atoms with van der Waals surface area (Å²) < 4.78 is 4.90. The summed E-state index contributed by atoms with van der Waals surface area (Å²) in [6.07, 6.45) is 1.29. The first kappa shape index (κ1) is 17.3. The van der Waals surface area contributed by atoms with Gasteiger partial charge >= 0.3 is 0 Å². The first-order valence-corrected chi connectivity index (χ1v) is 9.18. The number of hydrogen-bond acceptors (Lipinski definition) is 6. The van der Waals surface area contributed by atoms with Gasteiger partial charge in [0.15, 0.2) is 5.82 Å². The van der Waals surface area contributed by atoms with Crippen LogP contribution in [0.25, 0.3) is 22.3 Å². The molecule has 0 unspecified atom stereocenters. The zero-order valence-corrected chi connectivity index (χ0v) is 15.7. The summed E-state index contributed by atoms with van der Waals surface area (Å²) in [5.41, 5.74) is 2.19. The summed E-state index contributed by atoms with van der Waals surface area (Å²) in [5.74, 6) is -0.348. The molecule has 2 aromatic heterocycles. The first-order valence-electron chi connectivity index (χ1n) is 8.77. The maximum atomic E-state index is 13.0. The maximum absolute atomic E-state index is 13.0. The van der Waals surface area contributed by atoms with Crippen LogP contribution in [0.5, 0.6) is 0 Å². The molecule has 0 saturated carbocycles. The minimum atomic E-state index is -0.357. The fraction of sp³-hybridized carbons (Fsp3) is 0.0500. The second kappa shape index (κ2) is 6.64. The highest BCUT2D eigenvalue weighted by molar-refractivity contribution is 7.71. The van der Waals surface area contributed by atoms with E-state index < -0.39 is 0 Å². The number of pyridine rings is 1. The number of carbonyl (C=O) groups is 2. The Balaban J connectivity index is 1.71. The smallest absolute Gasteiger partial charge is 0.295 e. The molecular weight excluding hydrogens is 390 g/mol. The Hall–Kier alpha value is -3.85. The molecule has 2 amide bonds. The van der Waals surface area contributed by atoms with Crippen LogP contribution in [0.15, 0.2) is 59.3 Å². The number of benzene rings is 2. The molecule has 142 valence electrons. The molecule has 9 heteroatoms. The Labute approximate surface area is 169 Å². The number of aromatic amines is 1. The van der Waals surface area contributed by atoms with E-state index in [9.17, 15) is 9.59 Å². The number of amides is 2. The minimum absolute atomic E-state index is 0.129. The quantitative estimate of drug-likeness (QED) is 0.388. The fourth-order valence-corrected chi connectivity index (χ4v) is 3.56. The number of anilines is 3. The van der Waals surface area contributed by atoms with Crippen molar-refractivity contribution in [1.29, 1.82) is 0 Å². The molecule has 0 fully saturated rings. The van der Waals surface area contributed by atoms with Crippen molar-refractivity contribution in [3.63, 3.8) is 0 Å². The number of nitrogens with zero attached hydrogens (tertiary/aromatic N) is 3. The molecule has 29 heavy (non-hydrogen) atoms. The summed E-state index contributed by atoms with van der Waals surface area (Å²) in [5, 5.41) is 8.54. The summed E-state index contributed by atoms with van der Waals surface area (Å²) in [7, 11) is 0. The van der Waals surface area contributed by atoms with E-state index in [1.54, 1.807) is 18.3 Å². The van der Waals surface area contributed by atoms with E-state index in [0.717, 1.165) is 10.8 Å². The van der Waals surface area contributed by atoms with Gasteiger partial charge < -0.3 is 9.84 Å². The van der Waals surface area contributed by atoms with Crippen molar-refractivity contribution < 1.29 is 14.1 Å². The van der Waals surface area contributed by atoms with E-state index in [4.69, 9.17) is 16.7 Å². The predicted octanol–water partition coefficient (Wildman–Crippen LogP) is 3.95. The molecular formula is C20H13N5O3S. The molecule has 2 aromatic carbocycles. The molecule has 4 aromatic rings. The average Bonchev–Trinajstić information content (AvgIpc) is 3.10. The number of H-pyrrole nitrogens is 1. The molecule has 0 spiro atoms. The van der Waals surface area contributed by atoms with Gasteiger partial charge in [-0.1, -0.05) is 35.5 Å². The van der Waals surface area contributed by atoms with Crippen LogP contribution in [0.4, 0.5) is 17.1 Å². The molecule has 0 saturated heterocycles. The molecule has 1 aliphatic heterocycles. The lowest BCUT2D eigenvalue weighted by atomic mass is 10.1. The van der Waals surface area contributed by atoms with Gasteiger partial charge in [0, 0.05) is 11.6 Å². The highest BCUT2D eigenvalue weighted by atomic mass is 32.1. The second-order valence-corrected chi connectivity index (χ2v) is 6.85. The van der Waals surface area contributed by atoms with Crippen molar-refractivity contribution >= 4 is 51.9 Å².